The van der Waals surface area contributed by atoms with E-state index in [1.165, 1.54) is 12.1 Å². The molecule has 0 amide bonds. The van der Waals surface area contributed by atoms with Crippen LogP contribution in [0.4, 0.5) is 0 Å². The van der Waals surface area contributed by atoms with Crippen molar-refractivity contribution in [3.05, 3.63) is 29.8 Å². The van der Waals surface area contributed by atoms with Crippen LogP contribution in [0.15, 0.2) is 24.3 Å². The monoisotopic (exact) mass is 234 g/mol. The molecule has 1 rings (SSSR count). The zero-order chi connectivity index (χ0) is 12.7. The summed E-state index contributed by atoms with van der Waals surface area (Å²) >= 11 is 0. The van der Waals surface area contributed by atoms with Crippen LogP contribution in [-0.2, 0) is 4.74 Å². The molecule has 0 aliphatic carbocycles. The molecule has 0 aliphatic heterocycles. The molecule has 17 heavy (non-hydrogen) atoms. The zero-order valence-electron chi connectivity index (χ0n) is 9.55. The number of ether oxygens (including phenoxy) is 2. The van der Waals surface area contributed by atoms with Crippen molar-refractivity contribution in [1.82, 2.24) is 0 Å². The lowest BCUT2D eigenvalue weighted by atomic mass is 10.2. The van der Waals surface area contributed by atoms with Crippen molar-refractivity contribution < 1.29 is 19.4 Å². The molecule has 0 bridgehead atoms. The Balaban J connectivity index is 2.40. The molecule has 0 aliphatic rings. The fraction of sp³-hybridized carbons (Fsp3) is 0.308. The van der Waals surface area contributed by atoms with Crippen LogP contribution >= 0.6 is 0 Å². The van der Waals surface area contributed by atoms with Crippen LogP contribution in [0.1, 0.15) is 17.3 Å². The third kappa shape index (κ3) is 4.58. The van der Waals surface area contributed by atoms with Crippen LogP contribution in [-0.4, -0.2) is 30.4 Å². The summed E-state index contributed by atoms with van der Waals surface area (Å²) in [7, 11) is 0. The molecule has 0 radical (unpaired) electrons. The second-order valence-corrected chi connectivity index (χ2v) is 3.36. The van der Waals surface area contributed by atoms with E-state index in [0.717, 1.165) is 0 Å². The van der Waals surface area contributed by atoms with Crippen molar-refractivity contribution in [2.24, 2.45) is 0 Å². The first-order valence-electron chi connectivity index (χ1n) is 5.17. The van der Waals surface area contributed by atoms with Gasteiger partial charge in [0, 0.05) is 0 Å². The summed E-state index contributed by atoms with van der Waals surface area (Å²) < 4.78 is 10.5. The SMILES string of the molecule is C#CC(C)OCCOc1cccc(C(=O)O)c1. The minimum Gasteiger partial charge on any atom is -0.491 e. The van der Waals surface area contributed by atoms with Gasteiger partial charge in [0.05, 0.1) is 12.2 Å². The minimum absolute atomic E-state index is 0.195. The van der Waals surface area contributed by atoms with E-state index in [-0.39, 0.29) is 11.7 Å². The standard InChI is InChI=1S/C13H14O4/c1-3-10(2)16-7-8-17-12-6-4-5-11(9-12)13(14)15/h1,4-6,9-10H,7-8H2,2H3,(H,14,15). The fourth-order valence-electron chi connectivity index (χ4n) is 1.15. The van der Waals surface area contributed by atoms with Gasteiger partial charge in [-0.3, -0.25) is 0 Å². The van der Waals surface area contributed by atoms with Gasteiger partial charge in [-0.1, -0.05) is 12.0 Å². The van der Waals surface area contributed by atoms with Gasteiger partial charge in [-0.25, -0.2) is 4.79 Å². The van der Waals surface area contributed by atoms with Crippen LogP contribution in [0.2, 0.25) is 0 Å². The van der Waals surface area contributed by atoms with Crippen molar-refractivity contribution >= 4 is 5.97 Å². The summed E-state index contributed by atoms with van der Waals surface area (Å²) in [6.45, 7) is 2.46. The second kappa shape index (κ2) is 6.56. The second-order valence-electron chi connectivity index (χ2n) is 3.36. The number of aromatic carboxylic acids is 1. The van der Waals surface area contributed by atoms with Gasteiger partial charge in [-0.05, 0) is 25.1 Å². The zero-order valence-corrected chi connectivity index (χ0v) is 9.55. The van der Waals surface area contributed by atoms with Crippen molar-refractivity contribution in [2.75, 3.05) is 13.2 Å². The maximum atomic E-state index is 10.7. The van der Waals surface area contributed by atoms with Crippen LogP contribution in [0.5, 0.6) is 5.75 Å². The van der Waals surface area contributed by atoms with Gasteiger partial charge in [0.15, 0.2) is 0 Å². The highest BCUT2D eigenvalue weighted by molar-refractivity contribution is 5.87. The van der Waals surface area contributed by atoms with E-state index in [1.54, 1.807) is 19.1 Å². The van der Waals surface area contributed by atoms with Gasteiger partial charge in [0.25, 0.3) is 0 Å². The van der Waals surface area contributed by atoms with Crippen LogP contribution in [0.3, 0.4) is 0 Å². The quantitative estimate of drug-likeness (QED) is 0.602. The number of hydrogen-bond donors (Lipinski definition) is 1. The van der Waals surface area contributed by atoms with E-state index in [9.17, 15) is 4.79 Å². The number of carboxylic acids is 1. The summed E-state index contributed by atoms with van der Waals surface area (Å²) in [5, 5.41) is 8.78. The highest BCUT2D eigenvalue weighted by Gasteiger charge is 2.03. The largest absolute Gasteiger partial charge is 0.491 e. The van der Waals surface area contributed by atoms with Crippen molar-refractivity contribution in [3.63, 3.8) is 0 Å². The maximum Gasteiger partial charge on any atom is 0.335 e. The Hall–Kier alpha value is -1.99. The maximum absolute atomic E-state index is 10.7. The molecule has 0 fully saturated rings. The molecule has 1 N–H and O–H groups in total. The highest BCUT2D eigenvalue weighted by atomic mass is 16.5. The van der Waals surface area contributed by atoms with E-state index in [4.69, 9.17) is 21.0 Å². The summed E-state index contributed by atoms with van der Waals surface area (Å²) in [6, 6.07) is 6.29. The molecule has 1 aromatic carbocycles. The molecule has 1 aromatic rings. The molecule has 1 unspecified atom stereocenters. The predicted molar refractivity (Wildman–Crippen MR) is 63.1 cm³/mol. The molecule has 90 valence electrons. The Morgan fingerprint density at radius 2 is 2.29 bits per heavy atom. The lowest BCUT2D eigenvalue weighted by Crippen LogP contribution is -2.12. The first-order valence-corrected chi connectivity index (χ1v) is 5.17. The average Bonchev–Trinajstić information content (AvgIpc) is 2.34. The van der Waals surface area contributed by atoms with E-state index in [1.807, 2.05) is 0 Å². The number of terminal acetylenes is 1. The number of hydrogen-bond acceptors (Lipinski definition) is 3. The Kier molecular flexibility index (Phi) is 5.05. The number of carbonyl (C=O) groups is 1. The third-order valence-corrected chi connectivity index (χ3v) is 2.04. The Bertz CT molecular complexity index is 420. The van der Waals surface area contributed by atoms with E-state index in [2.05, 4.69) is 5.92 Å². The fourth-order valence-corrected chi connectivity index (χ4v) is 1.15. The van der Waals surface area contributed by atoms with Crippen LogP contribution in [0, 0.1) is 12.3 Å². The topological polar surface area (TPSA) is 55.8 Å². The number of benzene rings is 1. The normalized spacial score (nSPS) is 11.5. The molecular weight excluding hydrogens is 220 g/mol. The smallest absolute Gasteiger partial charge is 0.335 e. The summed E-state index contributed by atoms with van der Waals surface area (Å²) in [6.07, 6.45) is 4.89. The number of carboxylic acid groups (broad SMARTS) is 1. The minimum atomic E-state index is -0.979. The Morgan fingerprint density at radius 3 is 2.94 bits per heavy atom. The van der Waals surface area contributed by atoms with Crippen LogP contribution in [0.25, 0.3) is 0 Å². The van der Waals surface area contributed by atoms with Gasteiger partial charge >= 0.3 is 5.97 Å². The first kappa shape index (κ1) is 13.1. The lowest BCUT2D eigenvalue weighted by Gasteiger charge is -2.09. The number of rotatable bonds is 6. The highest BCUT2D eigenvalue weighted by Crippen LogP contribution is 2.13. The van der Waals surface area contributed by atoms with Crippen molar-refractivity contribution in [2.45, 2.75) is 13.0 Å². The van der Waals surface area contributed by atoms with Gasteiger partial charge in [-0.2, -0.15) is 0 Å². The molecule has 0 spiro atoms. The summed E-state index contributed by atoms with van der Waals surface area (Å²) in [5.41, 5.74) is 0.195. The molecule has 0 aromatic heterocycles. The molecule has 1 atom stereocenters. The first-order chi connectivity index (χ1) is 8.13. The molecule has 0 saturated carbocycles. The molecule has 0 saturated heterocycles. The van der Waals surface area contributed by atoms with E-state index in [0.29, 0.717) is 19.0 Å². The third-order valence-electron chi connectivity index (χ3n) is 2.04. The Morgan fingerprint density at radius 1 is 1.53 bits per heavy atom. The van der Waals surface area contributed by atoms with Crippen molar-refractivity contribution in [3.8, 4) is 18.1 Å². The van der Waals surface area contributed by atoms with Gasteiger partial charge in [-0.15, -0.1) is 6.42 Å². The van der Waals surface area contributed by atoms with Gasteiger partial charge < -0.3 is 14.6 Å². The van der Waals surface area contributed by atoms with Crippen molar-refractivity contribution in [1.29, 1.82) is 0 Å². The lowest BCUT2D eigenvalue weighted by molar-refractivity contribution is 0.0694. The predicted octanol–water partition coefficient (Wildman–Crippen LogP) is 1.80. The average molecular weight is 234 g/mol. The Labute approximate surface area is 100 Å². The summed E-state index contributed by atoms with van der Waals surface area (Å²) in [4.78, 5) is 10.7. The molecule has 0 heterocycles. The van der Waals surface area contributed by atoms with Gasteiger partial charge in [0.1, 0.15) is 18.5 Å². The summed E-state index contributed by atoms with van der Waals surface area (Å²) in [5.74, 6) is 1.95. The van der Waals surface area contributed by atoms with Crippen LogP contribution < -0.4 is 4.74 Å². The molecular formula is C13H14O4. The van der Waals surface area contributed by atoms with Gasteiger partial charge in [0.2, 0.25) is 0 Å². The van der Waals surface area contributed by atoms with E-state index >= 15 is 0 Å². The molecule has 4 heteroatoms. The molecule has 4 nitrogen and oxygen atoms in total. The van der Waals surface area contributed by atoms with E-state index < -0.39 is 5.97 Å².